The first-order valence-corrected chi connectivity index (χ1v) is 10.3. The lowest BCUT2D eigenvalue weighted by Crippen LogP contribution is -2.26. The summed E-state index contributed by atoms with van der Waals surface area (Å²) in [6.45, 7) is 1.84. The minimum atomic E-state index is -0.222. The molecule has 7 nitrogen and oxygen atoms in total. The van der Waals surface area contributed by atoms with Crippen molar-refractivity contribution in [1.29, 1.82) is 0 Å². The highest BCUT2D eigenvalue weighted by atomic mass is 16.5. The number of fused-ring (bicyclic) bond motifs is 1. The fraction of sp³-hybridized carbons (Fsp3) is 0.250. The van der Waals surface area contributed by atoms with Gasteiger partial charge in [-0.15, -0.1) is 0 Å². The van der Waals surface area contributed by atoms with Crippen LogP contribution in [0.2, 0.25) is 0 Å². The Morgan fingerprint density at radius 2 is 1.87 bits per heavy atom. The van der Waals surface area contributed by atoms with Gasteiger partial charge in [-0.05, 0) is 55.0 Å². The van der Waals surface area contributed by atoms with E-state index in [2.05, 4.69) is 16.0 Å². The molecule has 0 atom stereocenters. The molecule has 0 aliphatic carbocycles. The summed E-state index contributed by atoms with van der Waals surface area (Å²) in [6, 6.07) is 19.0. The van der Waals surface area contributed by atoms with Crippen LogP contribution in [0.1, 0.15) is 22.8 Å². The summed E-state index contributed by atoms with van der Waals surface area (Å²) in [7, 11) is 1.64. The number of aryl methyl sites for hydroxylation is 1. The highest BCUT2D eigenvalue weighted by Crippen LogP contribution is 2.19. The quantitative estimate of drug-likeness (QED) is 0.392. The first kappa shape index (κ1) is 20.5. The van der Waals surface area contributed by atoms with Crippen LogP contribution in [0, 0.1) is 0 Å². The second-order valence-electron chi connectivity index (χ2n) is 7.03. The van der Waals surface area contributed by atoms with E-state index < -0.39 is 0 Å². The number of furan rings is 1. The third kappa shape index (κ3) is 5.06. The van der Waals surface area contributed by atoms with Crippen LogP contribution in [-0.4, -0.2) is 35.7 Å². The molecule has 0 saturated heterocycles. The lowest BCUT2D eigenvalue weighted by atomic mass is 10.3. The Kier molecular flexibility index (Phi) is 6.52. The number of hydrogen-bond acceptors (Lipinski definition) is 5. The van der Waals surface area contributed by atoms with Gasteiger partial charge in [0.2, 0.25) is 0 Å². The molecule has 0 fully saturated rings. The zero-order chi connectivity index (χ0) is 21.5. The molecule has 2 aromatic heterocycles. The van der Waals surface area contributed by atoms with Gasteiger partial charge in [-0.1, -0.05) is 12.1 Å². The molecule has 0 aliphatic rings. The van der Waals surface area contributed by atoms with Gasteiger partial charge in [0.25, 0.3) is 5.91 Å². The number of carbonyl (C=O) groups excluding carboxylic acids is 1. The maximum absolute atomic E-state index is 12.1. The van der Waals surface area contributed by atoms with Gasteiger partial charge in [-0.25, -0.2) is 4.98 Å². The zero-order valence-electron chi connectivity index (χ0n) is 17.4. The number of hydrogen-bond donors (Lipinski definition) is 1. The first-order chi connectivity index (χ1) is 15.2. The Labute approximate surface area is 180 Å². The molecule has 0 radical (unpaired) electrons. The van der Waals surface area contributed by atoms with Gasteiger partial charge in [0.05, 0.1) is 31.0 Å². The smallest absolute Gasteiger partial charge is 0.286 e. The number of methoxy groups -OCH3 is 1. The predicted molar refractivity (Wildman–Crippen MR) is 118 cm³/mol. The second-order valence-corrected chi connectivity index (χ2v) is 7.03. The lowest BCUT2D eigenvalue weighted by Gasteiger charge is -2.11. The number of amides is 1. The molecule has 160 valence electrons. The van der Waals surface area contributed by atoms with E-state index in [-0.39, 0.29) is 5.91 Å². The monoisotopic (exact) mass is 419 g/mol. The van der Waals surface area contributed by atoms with Gasteiger partial charge in [-0.2, -0.15) is 0 Å². The van der Waals surface area contributed by atoms with Gasteiger partial charge >= 0.3 is 0 Å². The van der Waals surface area contributed by atoms with Crippen molar-refractivity contribution in [3.63, 3.8) is 0 Å². The number of ether oxygens (including phenoxy) is 2. The van der Waals surface area contributed by atoms with Crippen molar-refractivity contribution in [3.8, 4) is 11.5 Å². The lowest BCUT2D eigenvalue weighted by molar-refractivity contribution is 0.0926. The molecule has 1 amide bonds. The third-order valence-electron chi connectivity index (χ3n) is 4.97. The number of benzene rings is 2. The van der Waals surface area contributed by atoms with E-state index >= 15 is 0 Å². The number of carbonyl (C=O) groups is 1. The molecule has 1 N–H and O–H groups in total. The summed E-state index contributed by atoms with van der Waals surface area (Å²) in [4.78, 5) is 16.8. The number of imidazole rings is 1. The number of nitrogens with one attached hydrogen (secondary N) is 1. The van der Waals surface area contributed by atoms with Crippen molar-refractivity contribution in [3.05, 3.63) is 78.5 Å². The van der Waals surface area contributed by atoms with Gasteiger partial charge < -0.3 is 23.8 Å². The second kappa shape index (κ2) is 9.84. The maximum Gasteiger partial charge on any atom is 0.286 e. The summed E-state index contributed by atoms with van der Waals surface area (Å²) in [6.07, 6.45) is 2.95. The van der Waals surface area contributed by atoms with Crippen molar-refractivity contribution in [2.24, 2.45) is 0 Å². The molecule has 0 bridgehead atoms. The van der Waals surface area contributed by atoms with E-state index in [0.717, 1.165) is 41.3 Å². The summed E-state index contributed by atoms with van der Waals surface area (Å²) >= 11 is 0. The molecule has 2 heterocycles. The molecule has 0 spiro atoms. The Morgan fingerprint density at radius 3 is 2.65 bits per heavy atom. The highest BCUT2D eigenvalue weighted by Gasteiger charge is 2.12. The number of aromatic nitrogens is 2. The van der Waals surface area contributed by atoms with Gasteiger partial charge in [0.1, 0.15) is 17.3 Å². The van der Waals surface area contributed by atoms with E-state index in [1.54, 1.807) is 19.2 Å². The average Bonchev–Trinajstić information content (AvgIpc) is 3.46. The largest absolute Gasteiger partial charge is 0.497 e. The van der Waals surface area contributed by atoms with Crippen molar-refractivity contribution in [2.75, 3.05) is 20.3 Å². The molecular weight excluding hydrogens is 394 g/mol. The topological polar surface area (TPSA) is 78.5 Å². The van der Waals surface area contributed by atoms with E-state index in [1.807, 2.05) is 42.5 Å². The van der Waals surface area contributed by atoms with Crippen molar-refractivity contribution >= 4 is 16.9 Å². The van der Waals surface area contributed by atoms with Crippen LogP contribution in [0.5, 0.6) is 11.5 Å². The van der Waals surface area contributed by atoms with Crippen LogP contribution >= 0.6 is 0 Å². The molecule has 31 heavy (non-hydrogen) atoms. The van der Waals surface area contributed by atoms with Crippen LogP contribution in [0.15, 0.2) is 71.3 Å². The Morgan fingerprint density at radius 1 is 1.06 bits per heavy atom. The van der Waals surface area contributed by atoms with Crippen LogP contribution in [-0.2, 0) is 13.0 Å². The van der Waals surface area contributed by atoms with Crippen molar-refractivity contribution < 1.29 is 18.7 Å². The highest BCUT2D eigenvalue weighted by molar-refractivity contribution is 5.91. The fourth-order valence-corrected chi connectivity index (χ4v) is 3.43. The minimum absolute atomic E-state index is 0.222. The van der Waals surface area contributed by atoms with E-state index in [1.165, 1.54) is 6.26 Å². The Bertz CT molecular complexity index is 1120. The van der Waals surface area contributed by atoms with Crippen LogP contribution < -0.4 is 14.8 Å². The molecule has 7 heteroatoms. The standard InChI is InChI=1S/C24H25N3O4/c1-29-18-9-11-19(12-10-18)30-17-5-15-27-21-7-3-2-6-20(21)26-23(27)13-14-25-24(28)22-8-4-16-31-22/h2-4,6-12,16H,5,13-15,17H2,1H3,(H,25,28). The summed E-state index contributed by atoms with van der Waals surface area (Å²) < 4.78 is 18.4. The minimum Gasteiger partial charge on any atom is -0.497 e. The average molecular weight is 419 g/mol. The third-order valence-corrected chi connectivity index (χ3v) is 4.97. The van der Waals surface area contributed by atoms with Crippen LogP contribution in [0.4, 0.5) is 0 Å². The normalized spacial score (nSPS) is 10.9. The number of rotatable bonds is 10. The fourth-order valence-electron chi connectivity index (χ4n) is 3.43. The summed E-state index contributed by atoms with van der Waals surface area (Å²) in [5.74, 6) is 2.65. The molecule has 4 aromatic rings. The molecule has 0 aliphatic heterocycles. The molecule has 0 unspecified atom stereocenters. The predicted octanol–water partition coefficient (Wildman–Crippen LogP) is 4.08. The molecule has 2 aromatic carbocycles. The van der Waals surface area contributed by atoms with E-state index in [9.17, 15) is 4.79 Å². The molecule has 0 saturated carbocycles. The van der Waals surface area contributed by atoms with Gasteiger partial charge in [0.15, 0.2) is 5.76 Å². The number of para-hydroxylation sites is 2. The first-order valence-electron chi connectivity index (χ1n) is 10.3. The summed E-state index contributed by atoms with van der Waals surface area (Å²) in [5.41, 5.74) is 2.03. The number of nitrogens with zero attached hydrogens (tertiary/aromatic N) is 2. The van der Waals surface area contributed by atoms with Gasteiger partial charge in [0, 0.05) is 19.5 Å². The van der Waals surface area contributed by atoms with Crippen molar-refractivity contribution in [2.45, 2.75) is 19.4 Å². The Balaban J connectivity index is 1.36. The summed E-state index contributed by atoms with van der Waals surface area (Å²) in [5, 5.41) is 2.88. The van der Waals surface area contributed by atoms with Gasteiger partial charge in [-0.3, -0.25) is 4.79 Å². The van der Waals surface area contributed by atoms with Crippen LogP contribution in [0.25, 0.3) is 11.0 Å². The maximum atomic E-state index is 12.1. The van der Waals surface area contributed by atoms with E-state index in [0.29, 0.717) is 25.3 Å². The zero-order valence-corrected chi connectivity index (χ0v) is 17.4. The SMILES string of the molecule is COc1ccc(OCCCn2c(CCNC(=O)c3ccco3)nc3ccccc32)cc1. The van der Waals surface area contributed by atoms with Crippen LogP contribution in [0.3, 0.4) is 0 Å². The van der Waals surface area contributed by atoms with Crippen molar-refractivity contribution in [1.82, 2.24) is 14.9 Å². The van der Waals surface area contributed by atoms with E-state index in [4.69, 9.17) is 18.9 Å². The Hall–Kier alpha value is -3.74. The molecule has 4 rings (SSSR count). The molecular formula is C24H25N3O4.